The number of anilines is 1. The van der Waals surface area contributed by atoms with Gasteiger partial charge < -0.3 is 15.4 Å². The second-order valence-electron chi connectivity index (χ2n) is 6.03. The Bertz CT molecular complexity index is 417. The standard InChI is InChI=1S/C16H26N2O/c1-4-19-15-8-6-5-7-14(15)18-10-9-13(11-17)16(2,3)12-18/h5-8,13H,4,9-12,17H2,1-3H3. The van der Waals surface area contributed by atoms with E-state index in [1.807, 2.05) is 13.0 Å². The molecule has 3 nitrogen and oxygen atoms in total. The minimum atomic E-state index is 0.256. The third-order valence-corrected chi connectivity index (χ3v) is 4.24. The summed E-state index contributed by atoms with van der Waals surface area (Å²) in [5, 5.41) is 0. The average Bonchev–Trinajstić information content (AvgIpc) is 2.38. The molecule has 0 radical (unpaired) electrons. The van der Waals surface area contributed by atoms with Crippen molar-refractivity contribution in [3.63, 3.8) is 0 Å². The zero-order chi connectivity index (χ0) is 13.9. The molecule has 1 heterocycles. The van der Waals surface area contributed by atoms with E-state index < -0.39 is 0 Å². The Labute approximate surface area is 116 Å². The molecule has 0 bridgehead atoms. The van der Waals surface area contributed by atoms with Crippen LogP contribution in [0.15, 0.2) is 24.3 Å². The van der Waals surface area contributed by atoms with Crippen molar-refractivity contribution in [2.75, 3.05) is 31.1 Å². The van der Waals surface area contributed by atoms with E-state index in [0.29, 0.717) is 12.5 Å². The normalized spacial score (nSPS) is 22.3. The van der Waals surface area contributed by atoms with E-state index in [0.717, 1.165) is 31.8 Å². The third-order valence-electron chi connectivity index (χ3n) is 4.24. The first-order chi connectivity index (χ1) is 9.08. The molecular weight excluding hydrogens is 236 g/mol. The Balaban J connectivity index is 2.19. The molecule has 19 heavy (non-hydrogen) atoms. The van der Waals surface area contributed by atoms with Crippen LogP contribution in [0.1, 0.15) is 27.2 Å². The van der Waals surface area contributed by atoms with Crippen molar-refractivity contribution < 1.29 is 4.74 Å². The summed E-state index contributed by atoms with van der Waals surface area (Å²) in [6.45, 7) is 10.3. The molecule has 0 amide bonds. The van der Waals surface area contributed by atoms with Crippen molar-refractivity contribution in [2.45, 2.75) is 27.2 Å². The molecule has 1 atom stereocenters. The number of hydrogen-bond acceptors (Lipinski definition) is 3. The molecule has 1 saturated heterocycles. The number of para-hydroxylation sites is 2. The highest BCUT2D eigenvalue weighted by molar-refractivity contribution is 5.58. The van der Waals surface area contributed by atoms with Gasteiger partial charge in [-0.05, 0) is 43.4 Å². The average molecular weight is 262 g/mol. The maximum Gasteiger partial charge on any atom is 0.142 e. The number of nitrogens with zero attached hydrogens (tertiary/aromatic N) is 1. The number of benzene rings is 1. The maximum absolute atomic E-state index is 5.90. The fourth-order valence-electron chi connectivity index (χ4n) is 3.04. The fourth-order valence-corrected chi connectivity index (χ4v) is 3.04. The van der Waals surface area contributed by atoms with Crippen LogP contribution in [-0.2, 0) is 0 Å². The Morgan fingerprint density at radius 3 is 2.74 bits per heavy atom. The molecule has 2 N–H and O–H groups in total. The van der Waals surface area contributed by atoms with Crippen LogP contribution in [0.4, 0.5) is 5.69 Å². The zero-order valence-electron chi connectivity index (χ0n) is 12.4. The third kappa shape index (κ3) is 3.03. The molecule has 106 valence electrons. The molecule has 1 aliphatic heterocycles. The van der Waals surface area contributed by atoms with Crippen molar-refractivity contribution in [1.29, 1.82) is 0 Å². The number of rotatable bonds is 4. The molecule has 3 heteroatoms. The predicted molar refractivity (Wildman–Crippen MR) is 80.8 cm³/mol. The van der Waals surface area contributed by atoms with Crippen LogP contribution in [0.25, 0.3) is 0 Å². The largest absolute Gasteiger partial charge is 0.492 e. The molecule has 1 aromatic carbocycles. The van der Waals surface area contributed by atoms with Gasteiger partial charge in [0.05, 0.1) is 12.3 Å². The highest BCUT2D eigenvalue weighted by Gasteiger charge is 2.35. The topological polar surface area (TPSA) is 38.5 Å². The first-order valence-corrected chi connectivity index (χ1v) is 7.25. The van der Waals surface area contributed by atoms with E-state index in [2.05, 4.69) is 36.9 Å². The summed E-state index contributed by atoms with van der Waals surface area (Å²) in [7, 11) is 0. The van der Waals surface area contributed by atoms with Gasteiger partial charge in [0.25, 0.3) is 0 Å². The van der Waals surface area contributed by atoms with Gasteiger partial charge >= 0.3 is 0 Å². The van der Waals surface area contributed by atoms with Crippen LogP contribution in [0.5, 0.6) is 5.75 Å². The van der Waals surface area contributed by atoms with Crippen molar-refractivity contribution >= 4 is 5.69 Å². The van der Waals surface area contributed by atoms with Gasteiger partial charge in [0.2, 0.25) is 0 Å². The first kappa shape index (κ1) is 14.2. The number of nitrogens with two attached hydrogens (primary N) is 1. The van der Waals surface area contributed by atoms with Crippen LogP contribution in [0.2, 0.25) is 0 Å². The Morgan fingerprint density at radius 1 is 1.37 bits per heavy atom. The number of piperidine rings is 1. The lowest BCUT2D eigenvalue weighted by atomic mass is 9.74. The second kappa shape index (κ2) is 5.83. The van der Waals surface area contributed by atoms with Crippen LogP contribution in [-0.4, -0.2) is 26.2 Å². The van der Waals surface area contributed by atoms with Crippen LogP contribution in [0, 0.1) is 11.3 Å². The monoisotopic (exact) mass is 262 g/mol. The lowest BCUT2D eigenvalue weighted by Gasteiger charge is -2.45. The summed E-state index contributed by atoms with van der Waals surface area (Å²) in [6.07, 6.45) is 1.16. The first-order valence-electron chi connectivity index (χ1n) is 7.25. The summed E-state index contributed by atoms with van der Waals surface area (Å²) >= 11 is 0. The van der Waals surface area contributed by atoms with Gasteiger partial charge in [0.1, 0.15) is 5.75 Å². The summed E-state index contributed by atoms with van der Waals surface area (Å²) in [4.78, 5) is 2.44. The maximum atomic E-state index is 5.90. The summed E-state index contributed by atoms with van der Waals surface area (Å²) in [5.41, 5.74) is 7.37. The van der Waals surface area contributed by atoms with Gasteiger partial charge in [-0.25, -0.2) is 0 Å². The number of hydrogen-bond donors (Lipinski definition) is 1. The molecule has 0 saturated carbocycles. The second-order valence-corrected chi connectivity index (χ2v) is 6.03. The molecule has 0 aliphatic carbocycles. The number of ether oxygens (including phenoxy) is 1. The van der Waals surface area contributed by atoms with Gasteiger partial charge in [-0.2, -0.15) is 0 Å². The van der Waals surface area contributed by atoms with E-state index in [4.69, 9.17) is 10.5 Å². The minimum Gasteiger partial charge on any atom is -0.492 e. The van der Waals surface area contributed by atoms with Crippen LogP contribution >= 0.6 is 0 Å². The Hall–Kier alpha value is -1.22. The fraction of sp³-hybridized carbons (Fsp3) is 0.625. The van der Waals surface area contributed by atoms with Crippen LogP contribution < -0.4 is 15.4 Å². The molecule has 1 aliphatic rings. The smallest absolute Gasteiger partial charge is 0.142 e. The van der Waals surface area contributed by atoms with Crippen LogP contribution in [0.3, 0.4) is 0 Å². The van der Waals surface area contributed by atoms with E-state index in [1.165, 1.54) is 5.69 Å². The molecule has 0 aromatic heterocycles. The Kier molecular flexibility index (Phi) is 4.35. The summed E-state index contributed by atoms with van der Waals surface area (Å²) < 4.78 is 5.75. The van der Waals surface area contributed by atoms with Crippen molar-refractivity contribution in [3.8, 4) is 5.75 Å². The molecule has 2 rings (SSSR count). The molecular formula is C16H26N2O. The SMILES string of the molecule is CCOc1ccccc1N1CCC(CN)C(C)(C)C1. The summed E-state index contributed by atoms with van der Waals surface area (Å²) in [5.74, 6) is 1.61. The van der Waals surface area contributed by atoms with E-state index in [1.54, 1.807) is 0 Å². The van der Waals surface area contributed by atoms with E-state index in [-0.39, 0.29) is 5.41 Å². The van der Waals surface area contributed by atoms with Crippen molar-refractivity contribution in [1.82, 2.24) is 0 Å². The van der Waals surface area contributed by atoms with Gasteiger partial charge in [-0.3, -0.25) is 0 Å². The minimum absolute atomic E-state index is 0.256. The summed E-state index contributed by atoms with van der Waals surface area (Å²) in [6, 6.07) is 8.33. The predicted octanol–water partition coefficient (Wildman–Crippen LogP) is 2.90. The quantitative estimate of drug-likeness (QED) is 0.906. The van der Waals surface area contributed by atoms with E-state index in [9.17, 15) is 0 Å². The highest BCUT2D eigenvalue weighted by atomic mass is 16.5. The zero-order valence-corrected chi connectivity index (χ0v) is 12.4. The lowest BCUT2D eigenvalue weighted by Crippen LogP contribution is -2.48. The molecule has 1 fully saturated rings. The van der Waals surface area contributed by atoms with Gasteiger partial charge in [-0.1, -0.05) is 26.0 Å². The van der Waals surface area contributed by atoms with Crippen molar-refractivity contribution in [3.05, 3.63) is 24.3 Å². The molecule has 0 spiro atoms. The van der Waals surface area contributed by atoms with Gasteiger partial charge in [0.15, 0.2) is 0 Å². The molecule has 1 aromatic rings. The Morgan fingerprint density at radius 2 is 2.11 bits per heavy atom. The van der Waals surface area contributed by atoms with E-state index >= 15 is 0 Å². The lowest BCUT2D eigenvalue weighted by molar-refractivity contribution is 0.182. The van der Waals surface area contributed by atoms with Gasteiger partial charge in [0, 0.05) is 13.1 Å². The highest BCUT2D eigenvalue weighted by Crippen LogP contribution is 2.38. The molecule has 1 unspecified atom stereocenters. The van der Waals surface area contributed by atoms with Gasteiger partial charge in [-0.15, -0.1) is 0 Å². The van der Waals surface area contributed by atoms with Crippen molar-refractivity contribution in [2.24, 2.45) is 17.1 Å².